The molecule has 2 aliphatic heterocycles. The highest BCUT2D eigenvalue weighted by Crippen LogP contribution is 2.20. The number of rotatable bonds is 7. The van der Waals surface area contributed by atoms with E-state index in [1.165, 1.54) is 5.56 Å². The Kier molecular flexibility index (Phi) is 6.36. The van der Waals surface area contributed by atoms with Crippen molar-refractivity contribution in [3.8, 4) is 5.75 Å². The zero-order chi connectivity index (χ0) is 19.2. The molecule has 0 N–H and O–H groups in total. The van der Waals surface area contributed by atoms with Crippen molar-refractivity contribution < 1.29 is 14.2 Å². The molecule has 28 heavy (non-hydrogen) atoms. The van der Waals surface area contributed by atoms with Crippen LogP contribution in [-0.2, 0) is 29.0 Å². The van der Waals surface area contributed by atoms with Crippen molar-refractivity contribution in [1.29, 1.82) is 0 Å². The normalized spacial score (nSPS) is 17.4. The van der Waals surface area contributed by atoms with Crippen molar-refractivity contribution in [3.63, 3.8) is 0 Å². The Morgan fingerprint density at radius 3 is 2.89 bits per heavy atom. The number of aromatic nitrogens is 2. The standard InChI is InChI=1S/C21H28N4O3/c1-26-11-12-28-19-4-2-3-17(13-19)15-24-6-8-25(9-7-24)21-22-14-18-16-27-10-5-20(18)23-21/h2-4,13-14H,5-12,15-16H2,1H3. The van der Waals surface area contributed by atoms with Crippen LogP contribution in [0.4, 0.5) is 5.95 Å². The summed E-state index contributed by atoms with van der Waals surface area (Å²) in [5.74, 6) is 1.76. The third kappa shape index (κ3) is 4.79. The van der Waals surface area contributed by atoms with E-state index in [0.717, 1.165) is 68.7 Å². The van der Waals surface area contributed by atoms with Crippen molar-refractivity contribution in [1.82, 2.24) is 14.9 Å². The molecule has 1 aromatic carbocycles. The van der Waals surface area contributed by atoms with E-state index in [0.29, 0.717) is 19.8 Å². The lowest BCUT2D eigenvalue weighted by Gasteiger charge is -2.35. The van der Waals surface area contributed by atoms with Crippen molar-refractivity contribution in [3.05, 3.63) is 47.3 Å². The van der Waals surface area contributed by atoms with Crippen LogP contribution in [0, 0.1) is 0 Å². The second-order valence-electron chi connectivity index (χ2n) is 7.20. The molecule has 2 aromatic rings. The van der Waals surface area contributed by atoms with E-state index >= 15 is 0 Å². The van der Waals surface area contributed by atoms with Gasteiger partial charge in [0.2, 0.25) is 5.95 Å². The monoisotopic (exact) mass is 384 g/mol. The number of methoxy groups -OCH3 is 1. The molecule has 2 aliphatic rings. The van der Waals surface area contributed by atoms with E-state index in [4.69, 9.17) is 19.2 Å². The average molecular weight is 384 g/mol. The van der Waals surface area contributed by atoms with Crippen LogP contribution in [0.1, 0.15) is 16.8 Å². The Balaban J connectivity index is 1.30. The summed E-state index contributed by atoms with van der Waals surface area (Å²) in [4.78, 5) is 14.1. The zero-order valence-electron chi connectivity index (χ0n) is 16.5. The first-order valence-electron chi connectivity index (χ1n) is 9.92. The Labute approximate surface area is 166 Å². The molecule has 0 unspecified atom stereocenters. The summed E-state index contributed by atoms with van der Waals surface area (Å²) in [6.07, 6.45) is 2.81. The van der Waals surface area contributed by atoms with Gasteiger partial charge in [-0.05, 0) is 17.7 Å². The van der Waals surface area contributed by atoms with Gasteiger partial charge in [-0.1, -0.05) is 12.1 Å². The molecule has 3 heterocycles. The summed E-state index contributed by atoms with van der Waals surface area (Å²) < 4.78 is 16.2. The molecular weight excluding hydrogens is 356 g/mol. The maximum atomic E-state index is 5.72. The molecule has 0 spiro atoms. The van der Waals surface area contributed by atoms with Crippen LogP contribution in [0.15, 0.2) is 30.5 Å². The average Bonchev–Trinajstić information content (AvgIpc) is 2.74. The third-order valence-corrected chi connectivity index (χ3v) is 5.20. The summed E-state index contributed by atoms with van der Waals surface area (Å²) in [7, 11) is 1.68. The largest absolute Gasteiger partial charge is 0.491 e. The number of hydrogen-bond acceptors (Lipinski definition) is 7. The Hall–Kier alpha value is -2.22. The molecule has 1 aromatic heterocycles. The van der Waals surface area contributed by atoms with Crippen molar-refractivity contribution in [2.24, 2.45) is 0 Å². The lowest BCUT2D eigenvalue weighted by atomic mass is 10.1. The first-order valence-corrected chi connectivity index (χ1v) is 9.92. The summed E-state index contributed by atoms with van der Waals surface area (Å²) in [6.45, 7) is 7.38. The number of fused-ring (bicyclic) bond motifs is 1. The number of piperazine rings is 1. The van der Waals surface area contributed by atoms with Gasteiger partial charge in [0.1, 0.15) is 12.4 Å². The molecule has 0 atom stereocenters. The number of benzene rings is 1. The first kappa shape index (κ1) is 19.1. The van der Waals surface area contributed by atoms with Crippen molar-refractivity contribution >= 4 is 5.95 Å². The minimum atomic E-state index is 0.575. The second-order valence-corrected chi connectivity index (χ2v) is 7.20. The van der Waals surface area contributed by atoms with Gasteiger partial charge in [-0.25, -0.2) is 9.97 Å². The van der Waals surface area contributed by atoms with Crippen molar-refractivity contribution in [2.75, 3.05) is 58.0 Å². The van der Waals surface area contributed by atoms with Gasteiger partial charge in [-0.2, -0.15) is 0 Å². The predicted molar refractivity (Wildman–Crippen MR) is 107 cm³/mol. The van der Waals surface area contributed by atoms with Crippen LogP contribution >= 0.6 is 0 Å². The van der Waals surface area contributed by atoms with E-state index in [1.807, 2.05) is 12.3 Å². The molecule has 1 fully saturated rings. The minimum Gasteiger partial charge on any atom is -0.491 e. The summed E-state index contributed by atoms with van der Waals surface area (Å²) >= 11 is 0. The van der Waals surface area contributed by atoms with Gasteiger partial charge >= 0.3 is 0 Å². The van der Waals surface area contributed by atoms with Gasteiger partial charge in [0.05, 0.1) is 25.5 Å². The third-order valence-electron chi connectivity index (χ3n) is 5.20. The highest BCUT2D eigenvalue weighted by Gasteiger charge is 2.21. The second kappa shape index (κ2) is 9.32. The molecular formula is C21H28N4O3. The zero-order valence-corrected chi connectivity index (χ0v) is 16.5. The fourth-order valence-electron chi connectivity index (χ4n) is 3.61. The van der Waals surface area contributed by atoms with Gasteiger partial charge in [-0.3, -0.25) is 4.90 Å². The SMILES string of the molecule is COCCOc1cccc(CN2CCN(c3ncc4c(n3)CCOC4)CC2)c1. The fraction of sp³-hybridized carbons (Fsp3) is 0.524. The molecule has 7 nitrogen and oxygen atoms in total. The van der Waals surface area contributed by atoms with E-state index in [-0.39, 0.29) is 0 Å². The number of nitrogens with zero attached hydrogens (tertiary/aromatic N) is 4. The highest BCUT2D eigenvalue weighted by atomic mass is 16.5. The van der Waals surface area contributed by atoms with Crippen LogP contribution in [-0.4, -0.2) is 68.0 Å². The molecule has 1 saturated heterocycles. The highest BCUT2D eigenvalue weighted by molar-refractivity contribution is 5.35. The molecule has 0 bridgehead atoms. The van der Waals surface area contributed by atoms with Crippen LogP contribution in [0.5, 0.6) is 5.75 Å². The van der Waals surface area contributed by atoms with E-state index in [2.05, 4.69) is 33.0 Å². The lowest BCUT2D eigenvalue weighted by Crippen LogP contribution is -2.46. The smallest absolute Gasteiger partial charge is 0.225 e. The summed E-state index contributed by atoms with van der Waals surface area (Å²) in [5, 5.41) is 0. The van der Waals surface area contributed by atoms with E-state index in [9.17, 15) is 0 Å². The molecule has 4 rings (SSSR count). The number of anilines is 1. The Morgan fingerprint density at radius 2 is 2.04 bits per heavy atom. The predicted octanol–water partition coefficient (Wildman–Crippen LogP) is 1.90. The minimum absolute atomic E-state index is 0.575. The van der Waals surface area contributed by atoms with Gasteiger partial charge in [0, 0.05) is 58.0 Å². The lowest BCUT2D eigenvalue weighted by molar-refractivity contribution is 0.109. The van der Waals surface area contributed by atoms with E-state index in [1.54, 1.807) is 7.11 Å². The molecule has 150 valence electrons. The van der Waals surface area contributed by atoms with Crippen LogP contribution in [0.2, 0.25) is 0 Å². The topological polar surface area (TPSA) is 60.0 Å². The molecule has 7 heteroatoms. The van der Waals surface area contributed by atoms with Crippen LogP contribution in [0.3, 0.4) is 0 Å². The van der Waals surface area contributed by atoms with Crippen molar-refractivity contribution in [2.45, 2.75) is 19.6 Å². The Morgan fingerprint density at radius 1 is 1.14 bits per heavy atom. The number of hydrogen-bond donors (Lipinski definition) is 0. The molecule has 0 saturated carbocycles. The van der Waals surface area contributed by atoms with Gasteiger partial charge in [0.25, 0.3) is 0 Å². The van der Waals surface area contributed by atoms with Gasteiger partial charge in [-0.15, -0.1) is 0 Å². The fourth-order valence-corrected chi connectivity index (χ4v) is 3.61. The first-order chi connectivity index (χ1) is 13.8. The molecule has 0 radical (unpaired) electrons. The van der Waals surface area contributed by atoms with Gasteiger partial charge in [0.15, 0.2) is 0 Å². The Bertz CT molecular complexity index is 778. The molecule has 0 aliphatic carbocycles. The van der Waals surface area contributed by atoms with Crippen LogP contribution < -0.4 is 9.64 Å². The van der Waals surface area contributed by atoms with E-state index < -0.39 is 0 Å². The van der Waals surface area contributed by atoms with Crippen LogP contribution in [0.25, 0.3) is 0 Å². The summed E-state index contributed by atoms with van der Waals surface area (Å²) in [5.41, 5.74) is 3.54. The molecule has 0 amide bonds. The summed E-state index contributed by atoms with van der Waals surface area (Å²) in [6, 6.07) is 8.33. The number of ether oxygens (including phenoxy) is 3. The van der Waals surface area contributed by atoms with Gasteiger partial charge < -0.3 is 19.1 Å². The maximum absolute atomic E-state index is 5.72. The maximum Gasteiger partial charge on any atom is 0.225 e. The quantitative estimate of drug-likeness (QED) is 0.676.